The van der Waals surface area contributed by atoms with Gasteiger partial charge in [-0.25, -0.2) is 9.48 Å². The third-order valence-electron chi connectivity index (χ3n) is 5.51. The lowest BCUT2D eigenvalue weighted by atomic mass is 10.2. The van der Waals surface area contributed by atoms with Crippen LogP contribution >= 0.6 is 34.8 Å². The second kappa shape index (κ2) is 8.44. The van der Waals surface area contributed by atoms with Gasteiger partial charge in [-0.05, 0) is 31.2 Å². The zero-order chi connectivity index (χ0) is 24.2. The van der Waals surface area contributed by atoms with Gasteiger partial charge in [0.25, 0.3) is 5.56 Å². The maximum Gasteiger partial charge on any atom is 0.328 e. The number of hydrogen-bond acceptors (Lipinski definition) is 4. The summed E-state index contributed by atoms with van der Waals surface area (Å²) in [5.41, 5.74) is 3.71. The predicted molar refractivity (Wildman–Crippen MR) is 136 cm³/mol. The maximum atomic E-state index is 13.2. The van der Waals surface area contributed by atoms with Crippen LogP contribution in [-0.2, 0) is 14.1 Å². The lowest BCUT2D eigenvalue weighted by Gasteiger charge is -2.15. The Labute approximate surface area is 204 Å². The van der Waals surface area contributed by atoms with Gasteiger partial charge in [0.05, 0.1) is 38.0 Å². The van der Waals surface area contributed by atoms with Gasteiger partial charge in [0.15, 0.2) is 0 Å². The van der Waals surface area contributed by atoms with Gasteiger partial charge in [-0.15, -0.1) is 0 Å². The SMILES string of the molecule is Cc1[nH]n(-c2c(Cl)cc(Cl)cc2Cl)c(=O)c1C=Nc1cc2c(cc1N(C)C)n(C)c(=O)n2C. The molecule has 8 nitrogen and oxygen atoms in total. The number of hydrogen-bond donors (Lipinski definition) is 1. The van der Waals surface area contributed by atoms with Crippen LogP contribution in [0, 0.1) is 6.92 Å². The molecule has 0 saturated heterocycles. The van der Waals surface area contributed by atoms with E-state index in [9.17, 15) is 9.59 Å². The molecule has 1 N–H and O–H groups in total. The number of anilines is 1. The van der Waals surface area contributed by atoms with E-state index in [-0.39, 0.29) is 21.3 Å². The first kappa shape index (κ1) is 23.2. The number of rotatable bonds is 4. The molecule has 2 heterocycles. The Morgan fingerprint density at radius 3 is 2.12 bits per heavy atom. The highest BCUT2D eigenvalue weighted by molar-refractivity contribution is 6.40. The summed E-state index contributed by atoms with van der Waals surface area (Å²) in [6.45, 7) is 1.76. The zero-order valence-electron chi connectivity index (χ0n) is 18.6. The minimum absolute atomic E-state index is 0.128. The summed E-state index contributed by atoms with van der Waals surface area (Å²) in [5, 5.41) is 3.85. The van der Waals surface area contributed by atoms with Gasteiger partial charge >= 0.3 is 5.69 Å². The Morgan fingerprint density at radius 1 is 0.970 bits per heavy atom. The lowest BCUT2D eigenvalue weighted by molar-refractivity contribution is 0.795. The highest BCUT2D eigenvalue weighted by Gasteiger charge is 2.18. The molecular weight excluding hydrogens is 487 g/mol. The third-order valence-corrected chi connectivity index (χ3v) is 6.30. The first-order chi connectivity index (χ1) is 15.5. The number of aryl methyl sites for hydroxylation is 3. The largest absolute Gasteiger partial charge is 0.376 e. The Balaban J connectivity index is 1.86. The number of nitrogens with one attached hydrogen (secondary N) is 1. The second-order valence-corrected chi connectivity index (χ2v) is 9.14. The van der Waals surface area contributed by atoms with Crippen molar-refractivity contribution in [2.75, 3.05) is 19.0 Å². The van der Waals surface area contributed by atoms with E-state index in [1.54, 1.807) is 30.2 Å². The third kappa shape index (κ3) is 3.88. The summed E-state index contributed by atoms with van der Waals surface area (Å²) >= 11 is 18.6. The lowest BCUT2D eigenvalue weighted by Crippen LogP contribution is -2.19. The topological polar surface area (TPSA) is 80.3 Å². The highest BCUT2D eigenvalue weighted by atomic mass is 35.5. The van der Waals surface area contributed by atoms with Crippen molar-refractivity contribution in [1.29, 1.82) is 0 Å². The molecule has 0 aliphatic rings. The van der Waals surface area contributed by atoms with E-state index < -0.39 is 0 Å². The van der Waals surface area contributed by atoms with E-state index in [0.717, 1.165) is 16.7 Å². The average Bonchev–Trinajstić information content (AvgIpc) is 3.12. The van der Waals surface area contributed by atoms with Crippen molar-refractivity contribution in [3.05, 3.63) is 71.4 Å². The normalized spacial score (nSPS) is 11.8. The average molecular weight is 508 g/mol. The van der Waals surface area contributed by atoms with Crippen LogP contribution in [0.15, 0.2) is 38.8 Å². The number of H-pyrrole nitrogens is 1. The molecule has 2 aromatic carbocycles. The predicted octanol–water partition coefficient (Wildman–Crippen LogP) is 4.44. The van der Waals surface area contributed by atoms with Crippen LogP contribution in [0.2, 0.25) is 15.1 Å². The Morgan fingerprint density at radius 2 is 1.55 bits per heavy atom. The van der Waals surface area contributed by atoms with E-state index in [0.29, 0.717) is 27.7 Å². The molecule has 4 aromatic rings. The number of benzene rings is 2. The van der Waals surface area contributed by atoms with Gasteiger partial charge in [0.2, 0.25) is 0 Å². The molecule has 0 bridgehead atoms. The van der Waals surface area contributed by atoms with Gasteiger partial charge < -0.3 is 4.90 Å². The van der Waals surface area contributed by atoms with E-state index in [1.807, 2.05) is 31.1 Å². The summed E-state index contributed by atoms with van der Waals surface area (Å²) in [4.78, 5) is 32.0. The number of aromatic amines is 1. The van der Waals surface area contributed by atoms with Crippen LogP contribution < -0.4 is 16.1 Å². The maximum absolute atomic E-state index is 13.2. The highest BCUT2D eigenvalue weighted by Crippen LogP contribution is 2.33. The first-order valence-electron chi connectivity index (χ1n) is 9.88. The number of nitrogens with zero attached hydrogens (tertiary/aromatic N) is 5. The van der Waals surface area contributed by atoms with Gasteiger partial charge in [-0.2, -0.15) is 0 Å². The standard InChI is InChI=1S/C22H21Cl3N6O2/c1-11-13(21(32)31(27-11)20-14(24)6-12(23)7-15(20)25)10-26-16-8-18-19(9-17(16)28(2)3)30(5)22(33)29(18)4/h6-10,27H,1-5H3. The Kier molecular flexibility index (Phi) is 5.94. The number of aliphatic imine (C=N–C) groups is 1. The summed E-state index contributed by atoms with van der Waals surface area (Å²) in [6.07, 6.45) is 1.50. The van der Waals surface area contributed by atoms with Crippen molar-refractivity contribution < 1.29 is 0 Å². The molecule has 0 amide bonds. The van der Waals surface area contributed by atoms with E-state index in [2.05, 4.69) is 10.1 Å². The molecule has 0 atom stereocenters. The molecule has 0 saturated carbocycles. The molecule has 0 unspecified atom stereocenters. The summed E-state index contributed by atoms with van der Waals surface area (Å²) in [6, 6.07) is 6.77. The molecule has 172 valence electrons. The van der Waals surface area contributed by atoms with Gasteiger partial charge in [0.1, 0.15) is 5.69 Å². The summed E-state index contributed by atoms with van der Waals surface area (Å²) in [5.74, 6) is 0. The van der Waals surface area contributed by atoms with Crippen LogP contribution in [0.1, 0.15) is 11.3 Å². The van der Waals surface area contributed by atoms with Crippen LogP contribution in [0.5, 0.6) is 0 Å². The van der Waals surface area contributed by atoms with Crippen LogP contribution in [0.3, 0.4) is 0 Å². The van der Waals surface area contributed by atoms with E-state index in [1.165, 1.54) is 23.0 Å². The molecule has 0 radical (unpaired) electrons. The van der Waals surface area contributed by atoms with Crippen LogP contribution in [0.4, 0.5) is 11.4 Å². The molecule has 11 heteroatoms. The monoisotopic (exact) mass is 506 g/mol. The first-order valence-corrected chi connectivity index (χ1v) is 11.0. The molecule has 0 aliphatic carbocycles. The van der Waals surface area contributed by atoms with Gasteiger partial charge in [0, 0.05) is 45.1 Å². The fraction of sp³-hybridized carbons (Fsp3) is 0.227. The van der Waals surface area contributed by atoms with Crippen molar-refractivity contribution in [3.8, 4) is 5.69 Å². The fourth-order valence-corrected chi connectivity index (χ4v) is 4.72. The molecule has 33 heavy (non-hydrogen) atoms. The van der Waals surface area contributed by atoms with E-state index in [4.69, 9.17) is 34.8 Å². The molecule has 0 aliphatic heterocycles. The minimum Gasteiger partial charge on any atom is -0.376 e. The van der Waals surface area contributed by atoms with Gasteiger partial charge in [-0.3, -0.25) is 24.0 Å². The molecule has 0 fully saturated rings. The smallest absolute Gasteiger partial charge is 0.328 e. The number of aromatic nitrogens is 4. The quantitative estimate of drug-likeness (QED) is 0.415. The zero-order valence-corrected chi connectivity index (χ0v) is 20.8. The van der Waals surface area contributed by atoms with Crippen molar-refractivity contribution >= 4 is 63.4 Å². The fourth-order valence-electron chi connectivity index (χ4n) is 3.74. The van der Waals surface area contributed by atoms with Crippen LogP contribution in [0.25, 0.3) is 16.7 Å². The number of imidazole rings is 1. The molecule has 4 rings (SSSR count). The molecule has 0 spiro atoms. The van der Waals surface area contributed by atoms with Crippen molar-refractivity contribution in [2.45, 2.75) is 6.92 Å². The number of fused-ring (bicyclic) bond motifs is 1. The Hall–Kier alpha value is -2.94. The molecule has 2 aromatic heterocycles. The number of halogens is 3. The molecular formula is C22H21Cl3N6O2. The summed E-state index contributed by atoms with van der Waals surface area (Å²) < 4.78 is 4.42. The van der Waals surface area contributed by atoms with Crippen molar-refractivity contribution in [1.82, 2.24) is 18.9 Å². The van der Waals surface area contributed by atoms with Crippen LogP contribution in [-0.4, -0.2) is 39.2 Å². The van der Waals surface area contributed by atoms with Crippen molar-refractivity contribution in [2.24, 2.45) is 19.1 Å². The minimum atomic E-state index is -0.359. The van der Waals surface area contributed by atoms with E-state index >= 15 is 0 Å². The Bertz CT molecular complexity index is 1530. The van der Waals surface area contributed by atoms with Crippen molar-refractivity contribution in [3.63, 3.8) is 0 Å². The summed E-state index contributed by atoms with van der Waals surface area (Å²) in [7, 11) is 7.22. The second-order valence-electron chi connectivity index (χ2n) is 7.89. The van der Waals surface area contributed by atoms with Gasteiger partial charge in [-0.1, -0.05) is 34.8 Å².